The van der Waals surface area contributed by atoms with Crippen molar-refractivity contribution in [3.63, 3.8) is 0 Å². The van der Waals surface area contributed by atoms with Gasteiger partial charge in [-0.3, -0.25) is 4.79 Å². The summed E-state index contributed by atoms with van der Waals surface area (Å²) in [7, 11) is 0. The highest BCUT2D eigenvalue weighted by Gasteiger charge is 2.65. The first-order valence-corrected chi connectivity index (χ1v) is 12.1. The quantitative estimate of drug-likeness (QED) is 0.661. The second kappa shape index (κ2) is 6.70. The predicted octanol–water partition coefficient (Wildman–Crippen LogP) is 5.72. The fourth-order valence-electron chi connectivity index (χ4n) is 8.21. The van der Waals surface area contributed by atoms with E-state index in [1.807, 2.05) is 0 Å². The standard InChI is InChI=1S/C26H38O3/c1-17(27)26(28)15-12-23-21-9-8-18-16-20(29-19-6-4-5-7-19)10-13-24(18,2)22(21)11-14-25(23,26)3/h8,16,19,21-23,28H,4-7,9-15H2,1-3H3/t21-,22+,23+,24+,25+,26+/m1/s1. The number of hydrogen-bond acceptors (Lipinski definition) is 3. The zero-order valence-electron chi connectivity index (χ0n) is 18.5. The molecule has 0 aromatic carbocycles. The third-order valence-corrected chi connectivity index (χ3v) is 10.1. The van der Waals surface area contributed by atoms with Gasteiger partial charge in [-0.05, 0) is 106 Å². The first-order chi connectivity index (χ1) is 13.8. The molecule has 0 spiro atoms. The van der Waals surface area contributed by atoms with Gasteiger partial charge in [-0.15, -0.1) is 0 Å². The van der Waals surface area contributed by atoms with Crippen molar-refractivity contribution in [3.05, 3.63) is 23.5 Å². The van der Waals surface area contributed by atoms with Crippen LogP contribution in [0.4, 0.5) is 0 Å². The number of Topliss-reactive ketones (excluding diaryl/α,β-unsaturated/α-hetero) is 1. The summed E-state index contributed by atoms with van der Waals surface area (Å²) in [5.41, 5.74) is 0.371. The molecule has 1 N–H and O–H groups in total. The Balaban J connectivity index is 1.41. The molecule has 3 heteroatoms. The molecule has 0 heterocycles. The van der Waals surface area contributed by atoms with Crippen LogP contribution < -0.4 is 0 Å². The minimum atomic E-state index is -1.11. The molecule has 0 aliphatic heterocycles. The number of aliphatic hydroxyl groups is 1. The fraction of sp³-hybridized carbons (Fsp3) is 0.808. The van der Waals surface area contributed by atoms with Crippen molar-refractivity contribution in [1.29, 1.82) is 0 Å². The van der Waals surface area contributed by atoms with Crippen molar-refractivity contribution in [3.8, 4) is 0 Å². The highest BCUT2D eigenvalue weighted by Crippen LogP contribution is 2.67. The average Bonchev–Trinajstić information content (AvgIpc) is 3.29. The van der Waals surface area contributed by atoms with Crippen molar-refractivity contribution in [1.82, 2.24) is 0 Å². The van der Waals surface area contributed by atoms with Gasteiger partial charge in [-0.2, -0.15) is 0 Å². The maximum absolute atomic E-state index is 12.4. The summed E-state index contributed by atoms with van der Waals surface area (Å²) in [6.45, 7) is 6.28. The van der Waals surface area contributed by atoms with Gasteiger partial charge in [0.15, 0.2) is 5.78 Å². The second-order valence-corrected chi connectivity index (χ2v) is 11.2. The maximum atomic E-state index is 12.4. The topological polar surface area (TPSA) is 46.5 Å². The van der Waals surface area contributed by atoms with Crippen molar-refractivity contribution >= 4 is 5.78 Å². The van der Waals surface area contributed by atoms with E-state index in [-0.39, 0.29) is 16.6 Å². The van der Waals surface area contributed by atoms with Crippen LogP contribution in [0, 0.1) is 28.6 Å². The van der Waals surface area contributed by atoms with Gasteiger partial charge in [-0.25, -0.2) is 0 Å². The Bertz CT molecular complexity index is 760. The Labute approximate surface area is 176 Å². The highest BCUT2D eigenvalue weighted by molar-refractivity contribution is 5.86. The molecule has 0 aromatic heterocycles. The predicted molar refractivity (Wildman–Crippen MR) is 114 cm³/mol. The van der Waals surface area contributed by atoms with E-state index >= 15 is 0 Å². The summed E-state index contributed by atoms with van der Waals surface area (Å²) >= 11 is 0. The SMILES string of the molecule is CC(=O)[C@@]1(O)CC[C@H]2[C@@H]3CC=C4C=C(OC5CCCC5)CC[C@]4(C)[C@H]3CC[C@@]21C. The number of hydrogen-bond donors (Lipinski definition) is 1. The van der Waals surface area contributed by atoms with Crippen molar-refractivity contribution in [2.75, 3.05) is 0 Å². The lowest BCUT2D eigenvalue weighted by Gasteiger charge is -2.57. The van der Waals surface area contributed by atoms with Crippen molar-refractivity contribution in [2.45, 2.75) is 103 Å². The number of ether oxygens (including phenoxy) is 1. The Kier molecular flexibility index (Phi) is 4.59. The van der Waals surface area contributed by atoms with Gasteiger partial charge in [0.05, 0.1) is 11.9 Å². The average molecular weight is 399 g/mol. The Morgan fingerprint density at radius 2 is 1.79 bits per heavy atom. The minimum Gasteiger partial charge on any atom is -0.495 e. The van der Waals surface area contributed by atoms with Crippen LogP contribution >= 0.6 is 0 Å². The number of fused-ring (bicyclic) bond motifs is 5. The van der Waals surface area contributed by atoms with E-state index in [4.69, 9.17) is 4.74 Å². The molecule has 5 aliphatic carbocycles. The molecule has 0 amide bonds. The van der Waals surface area contributed by atoms with E-state index in [0.717, 1.165) is 32.1 Å². The van der Waals surface area contributed by atoms with Crippen molar-refractivity contribution < 1.29 is 14.6 Å². The summed E-state index contributed by atoms with van der Waals surface area (Å²) in [5.74, 6) is 2.92. The van der Waals surface area contributed by atoms with Crippen LogP contribution in [0.3, 0.4) is 0 Å². The van der Waals surface area contributed by atoms with Gasteiger partial charge in [0.2, 0.25) is 0 Å². The monoisotopic (exact) mass is 398 g/mol. The Morgan fingerprint density at radius 1 is 1.07 bits per heavy atom. The number of carbonyl (C=O) groups is 1. The van der Waals surface area contributed by atoms with E-state index in [1.165, 1.54) is 43.4 Å². The van der Waals surface area contributed by atoms with Crippen molar-refractivity contribution in [2.24, 2.45) is 28.6 Å². The normalized spacial score (nSPS) is 47.0. The second-order valence-electron chi connectivity index (χ2n) is 11.2. The van der Waals surface area contributed by atoms with Crippen LogP contribution in [0.1, 0.15) is 91.4 Å². The smallest absolute Gasteiger partial charge is 0.161 e. The minimum absolute atomic E-state index is 0.0199. The first kappa shape index (κ1) is 19.8. The molecule has 160 valence electrons. The lowest BCUT2D eigenvalue weighted by atomic mass is 9.47. The lowest BCUT2D eigenvalue weighted by molar-refractivity contribution is -0.158. The molecule has 3 saturated carbocycles. The zero-order chi connectivity index (χ0) is 20.4. The Hall–Kier alpha value is -1.09. The van der Waals surface area contributed by atoms with E-state index in [9.17, 15) is 9.90 Å². The zero-order valence-corrected chi connectivity index (χ0v) is 18.5. The van der Waals surface area contributed by atoms with E-state index in [0.29, 0.717) is 30.3 Å². The molecule has 0 saturated heterocycles. The van der Waals surface area contributed by atoms with E-state index in [2.05, 4.69) is 26.0 Å². The summed E-state index contributed by atoms with van der Waals surface area (Å²) < 4.78 is 6.37. The maximum Gasteiger partial charge on any atom is 0.161 e. The molecule has 0 radical (unpaired) electrons. The first-order valence-electron chi connectivity index (χ1n) is 12.1. The molecule has 5 rings (SSSR count). The summed E-state index contributed by atoms with van der Waals surface area (Å²) in [6.07, 6.45) is 17.5. The number of ketones is 1. The van der Waals surface area contributed by atoms with Crippen LogP contribution in [-0.4, -0.2) is 22.6 Å². The van der Waals surface area contributed by atoms with Gasteiger partial charge in [0.25, 0.3) is 0 Å². The van der Waals surface area contributed by atoms with Crippen LogP contribution in [0.5, 0.6) is 0 Å². The molecule has 6 atom stereocenters. The summed E-state index contributed by atoms with van der Waals surface area (Å²) in [4.78, 5) is 12.4. The van der Waals surface area contributed by atoms with E-state index < -0.39 is 5.60 Å². The Morgan fingerprint density at radius 3 is 2.52 bits per heavy atom. The van der Waals surface area contributed by atoms with Gasteiger partial charge in [0, 0.05) is 11.8 Å². The number of allylic oxidation sites excluding steroid dienone is 4. The molecule has 0 aromatic rings. The van der Waals surface area contributed by atoms with Gasteiger partial charge >= 0.3 is 0 Å². The van der Waals surface area contributed by atoms with Gasteiger partial charge < -0.3 is 9.84 Å². The molecule has 3 fully saturated rings. The third kappa shape index (κ3) is 2.75. The molecule has 5 aliphatic rings. The third-order valence-electron chi connectivity index (χ3n) is 10.1. The highest BCUT2D eigenvalue weighted by atomic mass is 16.5. The lowest BCUT2D eigenvalue weighted by Crippen LogP contribution is -2.56. The molecular formula is C26H38O3. The molecule has 0 bridgehead atoms. The van der Waals surface area contributed by atoms with Crippen LogP contribution in [0.15, 0.2) is 23.5 Å². The molecule has 3 nitrogen and oxygen atoms in total. The van der Waals surface area contributed by atoms with Gasteiger partial charge in [0.1, 0.15) is 5.60 Å². The summed E-state index contributed by atoms with van der Waals surface area (Å²) in [6, 6.07) is 0. The fourth-order valence-corrected chi connectivity index (χ4v) is 8.21. The van der Waals surface area contributed by atoms with Crippen LogP contribution in [-0.2, 0) is 9.53 Å². The molecule has 29 heavy (non-hydrogen) atoms. The number of rotatable bonds is 3. The molecular weight excluding hydrogens is 360 g/mol. The van der Waals surface area contributed by atoms with Crippen LogP contribution in [0.2, 0.25) is 0 Å². The summed E-state index contributed by atoms with van der Waals surface area (Å²) in [5, 5.41) is 11.3. The molecule has 0 unspecified atom stereocenters. The largest absolute Gasteiger partial charge is 0.495 e. The number of carbonyl (C=O) groups excluding carboxylic acids is 1. The van der Waals surface area contributed by atoms with Crippen LogP contribution in [0.25, 0.3) is 0 Å². The van der Waals surface area contributed by atoms with E-state index in [1.54, 1.807) is 6.92 Å². The van der Waals surface area contributed by atoms with Gasteiger partial charge in [-0.1, -0.05) is 19.9 Å².